The largest absolute Gasteiger partial charge is 0.465 e. The predicted octanol–water partition coefficient (Wildman–Crippen LogP) is 1.90. The topological polar surface area (TPSA) is 107 Å². The molecule has 0 bridgehead atoms. The molecule has 0 spiro atoms. The van der Waals surface area contributed by atoms with Gasteiger partial charge in [0.15, 0.2) is 4.80 Å². The van der Waals surface area contributed by atoms with E-state index in [1.807, 2.05) is 0 Å². The third-order valence-corrected chi connectivity index (χ3v) is 2.80. The first kappa shape index (κ1) is 19.6. The fourth-order valence-electron chi connectivity index (χ4n) is 1.23. The molecule has 7 nitrogen and oxygen atoms in total. The number of hydrogen-bond donors (Lipinski definition) is 2. The number of rotatable bonds is 3. The molecule has 1 amide bonds. The van der Waals surface area contributed by atoms with E-state index in [0.717, 1.165) is 11.3 Å². The van der Waals surface area contributed by atoms with Gasteiger partial charge in [0.05, 0.1) is 12.3 Å². The molecule has 21 heavy (non-hydrogen) atoms. The number of esters is 1. The molecular formula is C12H20ClN3O4S. The zero-order valence-corrected chi connectivity index (χ0v) is 14.0. The Labute approximate surface area is 133 Å². The van der Waals surface area contributed by atoms with E-state index in [-0.39, 0.29) is 19.0 Å². The Morgan fingerprint density at radius 3 is 2.62 bits per heavy atom. The Kier molecular flexibility index (Phi) is 7.62. The van der Waals surface area contributed by atoms with E-state index in [1.165, 1.54) is 0 Å². The molecule has 3 N–H and O–H groups in total. The summed E-state index contributed by atoms with van der Waals surface area (Å²) in [7, 11) is 0. The molecule has 9 heteroatoms. The lowest BCUT2D eigenvalue weighted by molar-refractivity contribution is -0.144. The van der Waals surface area contributed by atoms with Crippen LogP contribution in [-0.4, -0.2) is 29.3 Å². The maximum atomic E-state index is 11.5. The van der Waals surface area contributed by atoms with E-state index in [0.29, 0.717) is 10.5 Å². The van der Waals surface area contributed by atoms with Crippen molar-refractivity contribution in [2.75, 3.05) is 6.61 Å². The highest BCUT2D eigenvalue weighted by molar-refractivity contribution is 7.07. The highest BCUT2D eigenvalue weighted by Crippen LogP contribution is 2.10. The molecule has 0 saturated heterocycles. The van der Waals surface area contributed by atoms with E-state index in [4.69, 9.17) is 15.2 Å². The van der Waals surface area contributed by atoms with Gasteiger partial charge in [-0.3, -0.25) is 0 Å². The summed E-state index contributed by atoms with van der Waals surface area (Å²) in [5.74, 6) is -0.537. The number of amides is 1. The lowest BCUT2D eigenvalue weighted by atomic mass is 10.2. The fourth-order valence-corrected chi connectivity index (χ4v) is 1.98. The third-order valence-electron chi connectivity index (χ3n) is 2.01. The molecule has 0 aliphatic carbocycles. The second kappa shape index (κ2) is 8.16. The summed E-state index contributed by atoms with van der Waals surface area (Å²) in [5.41, 5.74) is 5.54. The Hall–Kier alpha value is -1.38. The molecule has 1 unspecified atom stereocenters. The van der Waals surface area contributed by atoms with E-state index < -0.39 is 23.7 Å². The second-order valence-corrected chi connectivity index (χ2v) is 5.80. The third kappa shape index (κ3) is 6.74. The van der Waals surface area contributed by atoms with Gasteiger partial charge in [-0.25, -0.2) is 9.59 Å². The zero-order valence-electron chi connectivity index (χ0n) is 12.3. The number of halogens is 1. The van der Waals surface area contributed by atoms with Crippen LogP contribution in [0.2, 0.25) is 0 Å². The average molecular weight is 338 g/mol. The van der Waals surface area contributed by atoms with Crippen LogP contribution in [0.15, 0.2) is 10.4 Å². The molecule has 1 aromatic heterocycles. The Morgan fingerprint density at radius 2 is 2.10 bits per heavy atom. The summed E-state index contributed by atoms with van der Waals surface area (Å²) >= 11 is 1.16. The minimum atomic E-state index is -0.922. The smallest absolute Gasteiger partial charge is 0.436 e. The van der Waals surface area contributed by atoms with E-state index in [2.05, 4.69) is 9.98 Å². The van der Waals surface area contributed by atoms with Gasteiger partial charge in [0.2, 0.25) is 0 Å². The van der Waals surface area contributed by atoms with Crippen molar-refractivity contribution in [3.63, 3.8) is 0 Å². The molecule has 0 aliphatic rings. The SMILES string of the molecule is CCOC(=O)C(N)c1csc(=NC(=O)OC(C)(C)C)[nH]1.Cl. The summed E-state index contributed by atoms with van der Waals surface area (Å²) < 4.78 is 9.87. The molecule has 0 saturated carbocycles. The van der Waals surface area contributed by atoms with Crippen LogP contribution in [0.1, 0.15) is 39.4 Å². The standard InChI is InChI=1S/C12H19N3O4S.ClH/c1-5-18-9(16)8(13)7-6-20-10(14-7)15-11(17)19-12(2,3)4;/h6,8H,5,13H2,1-4H3,(H,14,15,17);1H. The van der Waals surface area contributed by atoms with Crippen molar-refractivity contribution in [2.45, 2.75) is 39.3 Å². The highest BCUT2D eigenvalue weighted by atomic mass is 35.5. The Morgan fingerprint density at radius 1 is 1.48 bits per heavy atom. The van der Waals surface area contributed by atoms with E-state index in [1.54, 1.807) is 33.1 Å². The second-order valence-electron chi connectivity index (χ2n) is 4.94. The van der Waals surface area contributed by atoms with Gasteiger partial charge < -0.3 is 20.2 Å². The first-order valence-corrected chi connectivity index (χ1v) is 6.98. The number of ether oxygens (including phenoxy) is 2. The molecule has 1 heterocycles. The molecule has 0 radical (unpaired) electrons. The molecule has 1 aromatic rings. The first-order valence-electron chi connectivity index (χ1n) is 6.10. The maximum Gasteiger partial charge on any atom is 0.436 e. The van der Waals surface area contributed by atoms with Gasteiger partial charge in [-0.05, 0) is 27.7 Å². The van der Waals surface area contributed by atoms with Crippen molar-refractivity contribution in [3.05, 3.63) is 15.9 Å². The molecule has 0 aromatic carbocycles. The normalized spacial score (nSPS) is 13.3. The number of H-pyrrole nitrogens is 1. The van der Waals surface area contributed by atoms with Gasteiger partial charge in [0, 0.05) is 5.38 Å². The van der Waals surface area contributed by atoms with Crippen LogP contribution in [-0.2, 0) is 14.3 Å². The molecule has 0 aliphatic heterocycles. The number of nitrogens with zero attached hydrogens (tertiary/aromatic N) is 1. The quantitative estimate of drug-likeness (QED) is 0.819. The van der Waals surface area contributed by atoms with Crippen molar-refractivity contribution in [3.8, 4) is 0 Å². The number of thiazole rings is 1. The van der Waals surface area contributed by atoms with Gasteiger partial charge in [-0.2, -0.15) is 0 Å². The minimum absolute atomic E-state index is 0. The summed E-state index contributed by atoms with van der Waals surface area (Å²) in [6, 6.07) is -0.922. The highest BCUT2D eigenvalue weighted by Gasteiger charge is 2.19. The van der Waals surface area contributed by atoms with Crippen molar-refractivity contribution in [2.24, 2.45) is 10.7 Å². The van der Waals surface area contributed by atoms with Gasteiger partial charge in [0.25, 0.3) is 0 Å². The summed E-state index contributed by atoms with van der Waals surface area (Å²) in [5, 5.41) is 1.62. The Bertz CT molecular complexity index is 547. The number of aromatic amines is 1. The Balaban J connectivity index is 0.00000400. The number of carbonyl (C=O) groups excluding carboxylic acids is 2. The molecule has 120 valence electrons. The van der Waals surface area contributed by atoms with Crippen LogP contribution < -0.4 is 10.5 Å². The monoisotopic (exact) mass is 337 g/mol. The van der Waals surface area contributed by atoms with E-state index >= 15 is 0 Å². The van der Waals surface area contributed by atoms with Crippen LogP contribution in [0.25, 0.3) is 0 Å². The van der Waals surface area contributed by atoms with Crippen LogP contribution in [0, 0.1) is 0 Å². The summed E-state index contributed by atoms with van der Waals surface area (Å²) in [6.07, 6.45) is -0.702. The number of carbonyl (C=O) groups is 2. The lowest BCUT2D eigenvalue weighted by Crippen LogP contribution is -2.25. The number of nitrogens with two attached hydrogens (primary N) is 1. The molecule has 1 atom stereocenters. The van der Waals surface area contributed by atoms with Crippen LogP contribution in [0.3, 0.4) is 0 Å². The summed E-state index contributed by atoms with van der Waals surface area (Å²) in [4.78, 5) is 29.9. The predicted molar refractivity (Wildman–Crippen MR) is 81.3 cm³/mol. The number of hydrogen-bond acceptors (Lipinski definition) is 6. The fraction of sp³-hybridized carbons (Fsp3) is 0.583. The molecule has 0 fully saturated rings. The lowest BCUT2D eigenvalue weighted by Gasteiger charge is -2.16. The van der Waals surface area contributed by atoms with Gasteiger partial charge in [0.1, 0.15) is 11.6 Å². The van der Waals surface area contributed by atoms with Crippen molar-refractivity contribution < 1.29 is 19.1 Å². The minimum Gasteiger partial charge on any atom is -0.465 e. The van der Waals surface area contributed by atoms with Gasteiger partial charge in [-0.1, -0.05) is 0 Å². The van der Waals surface area contributed by atoms with E-state index in [9.17, 15) is 9.59 Å². The van der Waals surface area contributed by atoms with Gasteiger partial charge in [-0.15, -0.1) is 28.7 Å². The number of aromatic nitrogens is 1. The van der Waals surface area contributed by atoms with Crippen LogP contribution >= 0.6 is 23.7 Å². The average Bonchev–Trinajstić information content (AvgIpc) is 2.74. The van der Waals surface area contributed by atoms with Crippen molar-refractivity contribution in [1.82, 2.24) is 4.98 Å². The van der Waals surface area contributed by atoms with Crippen LogP contribution in [0.5, 0.6) is 0 Å². The van der Waals surface area contributed by atoms with Crippen LogP contribution in [0.4, 0.5) is 4.79 Å². The van der Waals surface area contributed by atoms with Crippen molar-refractivity contribution in [1.29, 1.82) is 0 Å². The van der Waals surface area contributed by atoms with Crippen molar-refractivity contribution >= 4 is 35.8 Å². The summed E-state index contributed by atoms with van der Waals surface area (Å²) in [6.45, 7) is 7.21. The maximum absolute atomic E-state index is 11.5. The number of nitrogens with one attached hydrogen (secondary N) is 1. The zero-order chi connectivity index (χ0) is 15.3. The van der Waals surface area contributed by atoms with Gasteiger partial charge >= 0.3 is 12.1 Å². The molecule has 1 rings (SSSR count). The first-order chi connectivity index (χ1) is 9.23. The molecular weight excluding hydrogens is 318 g/mol.